The average molecular weight is 388 g/mol. The number of halogens is 1. The van der Waals surface area contributed by atoms with Crippen molar-refractivity contribution in [2.45, 2.75) is 30.7 Å². The minimum absolute atomic E-state index is 0.171. The zero-order valence-electron chi connectivity index (χ0n) is 14.3. The minimum atomic E-state index is -0.181. The van der Waals surface area contributed by atoms with Crippen LogP contribution in [-0.2, 0) is 17.6 Å². The molecule has 1 N–H and O–H groups in total. The first-order valence-corrected chi connectivity index (χ1v) is 9.66. The van der Waals surface area contributed by atoms with Crippen molar-refractivity contribution in [3.63, 3.8) is 0 Å². The molecule has 1 aromatic heterocycles. The molecule has 0 radical (unpaired) electrons. The second kappa shape index (κ2) is 8.43. The van der Waals surface area contributed by atoms with Crippen LogP contribution in [0.5, 0.6) is 5.75 Å². The Morgan fingerprint density at radius 2 is 2.19 bits per heavy atom. The molecule has 0 unspecified atom stereocenters. The third-order valence-electron chi connectivity index (χ3n) is 4.16. The SMILES string of the molecule is COc1ccc(NC(=O)CSc2nc3c(cc2C#N)CCCC3)cc1Cl. The lowest BCUT2D eigenvalue weighted by atomic mass is 9.95. The Hall–Kier alpha value is -2.23. The van der Waals surface area contributed by atoms with E-state index in [0.717, 1.165) is 36.9 Å². The van der Waals surface area contributed by atoms with Crippen LogP contribution >= 0.6 is 23.4 Å². The predicted molar refractivity (Wildman–Crippen MR) is 103 cm³/mol. The van der Waals surface area contributed by atoms with Crippen molar-refractivity contribution in [1.82, 2.24) is 4.98 Å². The van der Waals surface area contributed by atoms with Gasteiger partial charge in [-0.1, -0.05) is 23.4 Å². The van der Waals surface area contributed by atoms with E-state index >= 15 is 0 Å². The Balaban J connectivity index is 1.66. The highest BCUT2D eigenvalue weighted by Gasteiger charge is 2.16. The third-order valence-corrected chi connectivity index (χ3v) is 5.45. The van der Waals surface area contributed by atoms with Crippen molar-refractivity contribution in [2.75, 3.05) is 18.2 Å². The lowest BCUT2D eigenvalue weighted by molar-refractivity contribution is -0.113. The fourth-order valence-corrected chi connectivity index (χ4v) is 3.91. The molecule has 0 spiro atoms. The van der Waals surface area contributed by atoms with Crippen LogP contribution in [0.2, 0.25) is 5.02 Å². The van der Waals surface area contributed by atoms with Crippen LogP contribution in [0.3, 0.4) is 0 Å². The number of ether oxygens (including phenoxy) is 1. The number of aryl methyl sites for hydroxylation is 2. The number of pyridine rings is 1. The first-order valence-electron chi connectivity index (χ1n) is 8.30. The topological polar surface area (TPSA) is 75.0 Å². The van der Waals surface area contributed by atoms with Gasteiger partial charge in [-0.15, -0.1) is 0 Å². The number of nitrogens with zero attached hydrogens (tertiary/aromatic N) is 2. The predicted octanol–water partition coefficient (Wildman–Crippen LogP) is 4.22. The number of carbonyl (C=O) groups is 1. The summed E-state index contributed by atoms with van der Waals surface area (Å²) >= 11 is 7.35. The Labute approximate surface area is 161 Å². The standard InChI is InChI=1S/C19H18ClN3O2S/c1-25-17-7-6-14(9-15(17)20)22-18(24)11-26-19-13(10-21)8-12-4-2-3-5-16(12)23-19/h6-9H,2-5,11H2,1H3,(H,22,24). The highest BCUT2D eigenvalue weighted by atomic mass is 35.5. The maximum Gasteiger partial charge on any atom is 0.234 e. The molecule has 1 aliphatic rings. The Bertz CT molecular complexity index is 880. The number of fused-ring (bicyclic) bond motifs is 1. The van der Waals surface area contributed by atoms with E-state index < -0.39 is 0 Å². The zero-order chi connectivity index (χ0) is 18.5. The number of anilines is 1. The van der Waals surface area contributed by atoms with Crippen molar-refractivity contribution in [2.24, 2.45) is 0 Å². The molecular weight excluding hydrogens is 370 g/mol. The van der Waals surface area contributed by atoms with E-state index in [1.54, 1.807) is 18.2 Å². The lowest BCUT2D eigenvalue weighted by Crippen LogP contribution is -2.15. The van der Waals surface area contributed by atoms with Crippen LogP contribution in [0.4, 0.5) is 5.69 Å². The molecule has 0 saturated heterocycles. The van der Waals surface area contributed by atoms with Gasteiger partial charge in [-0.05, 0) is 55.5 Å². The van der Waals surface area contributed by atoms with Crippen molar-refractivity contribution >= 4 is 35.0 Å². The van der Waals surface area contributed by atoms with Gasteiger partial charge < -0.3 is 10.1 Å². The second-order valence-corrected chi connectivity index (χ2v) is 7.32. The van der Waals surface area contributed by atoms with Gasteiger partial charge in [0.2, 0.25) is 5.91 Å². The first kappa shape index (κ1) is 18.6. The highest BCUT2D eigenvalue weighted by Crippen LogP contribution is 2.29. The van der Waals surface area contributed by atoms with Crippen LogP contribution in [0.1, 0.15) is 29.7 Å². The van der Waals surface area contributed by atoms with Crippen molar-refractivity contribution in [3.05, 3.63) is 46.1 Å². The molecule has 5 nitrogen and oxygen atoms in total. The van der Waals surface area contributed by atoms with E-state index in [-0.39, 0.29) is 11.7 Å². The molecule has 0 saturated carbocycles. The van der Waals surface area contributed by atoms with Crippen molar-refractivity contribution in [1.29, 1.82) is 5.26 Å². The third kappa shape index (κ3) is 4.29. The number of nitriles is 1. The molecule has 0 bridgehead atoms. The normalized spacial score (nSPS) is 12.8. The number of aromatic nitrogens is 1. The fourth-order valence-electron chi connectivity index (χ4n) is 2.88. The van der Waals surface area contributed by atoms with Gasteiger partial charge in [0.15, 0.2) is 0 Å². The van der Waals surface area contributed by atoms with Crippen molar-refractivity contribution < 1.29 is 9.53 Å². The number of methoxy groups -OCH3 is 1. The molecule has 134 valence electrons. The van der Waals surface area contributed by atoms with Gasteiger partial charge in [0.25, 0.3) is 0 Å². The second-order valence-electron chi connectivity index (χ2n) is 5.95. The summed E-state index contributed by atoms with van der Waals surface area (Å²) in [6.45, 7) is 0. The number of hydrogen-bond donors (Lipinski definition) is 1. The van der Waals surface area contributed by atoms with E-state index in [9.17, 15) is 10.1 Å². The van der Waals surface area contributed by atoms with E-state index in [1.807, 2.05) is 6.07 Å². The summed E-state index contributed by atoms with van der Waals surface area (Å²) in [7, 11) is 1.54. The molecule has 2 aromatic rings. The molecule has 1 amide bonds. The maximum atomic E-state index is 12.2. The highest BCUT2D eigenvalue weighted by molar-refractivity contribution is 8.00. The van der Waals surface area contributed by atoms with Gasteiger partial charge in [-0.25, -0.2) is 4.98 Å². The maximum absolute atomic E-state index is 12.2. The summed E-state index contributed by atoms with van der Waals surface area (Å²) in [5.74, 6) is 0.542. The Morgan fingerprint density at radius 3 is 2.92 bits per heavy atom. The zero-order valence-corrected chi connectivity index (χ0v) is 15.9. The lowest BCUT2D eigenvalue weighted by Gasteiger charge is -2.16. The fraction of sp³-hybridized carbons (Fsp3) is 0.316. The molecule has 0 aliphatic heterocycles. The number of benzene rings is 1. The van der Waals surface area contributed by atoms with Gasteiger partial charge in [-0.2, -0.15) is 5.26 Å². The van der Waals surface area contributed by atoms with Crippen molar-refractivity contribution in [3.8, 4) is 11.8 Å². The summed E-state index contributed by atoms with van der Waals surface area (Å²) in [4.78, 5) is 16.8. The van der Waals surface area contributed by atoms with E-state index in [2.05, 4.69) is 16.4 Å². The molecule has 1 aromatic carbocycles. The molecule has 3 rings (SSSR count). The molecule has 1 aliphatic carbocycles. The van der Waals surface area contributed by atoms with E-state index in [0.29, 0.717) is 27.0 Å². The van der Waals surface area contributed by atoms with Crippen LogP contribution in [0.25, 0.3) is 0 Å². The first-order chi connectivity index (χ1) is 12.6. The monoisotopic (exact) mass is 387 g/mol. The van der Waals surface area contributed by atoms with Gasteiger partial charge in [0, 0.05) is 11.4 Å². The van der Waals surface area contributed by atoms with Gasteiger partial charge in [-0.3, -0.25) is 4.79 Å². The van der Waals surface area contributed by atoms with Crippen LogP contribution in [0, 0.1) is 11.3 Å². The molecule has 26 heavy (non-hydrogen) atoms. The quantitative estimate of drug-likeness (QED) is 0.777. The van der Waals surface area contributed by atoms with Gasteiger partial charge in [0.05, 0.1) is 23.4 Å². The number of amides is 1. The summed E-state index contributed by atoms with van der Waals surface area (Å²) < 4.78 is 5.09. The average Bonchev–Trinajstić information content (AvgIpc) is 2.65. The van der Waals surface area contributed by atoms with Gasteiger partial charge in [0.1, 0.15) is 16.8 Å². The van der Waals surface area contributed by atoms with E-state index in [4.69, 9.17) is 16.3 Å². The minimum Gasteiger partial charge on any atom is -0.495 e. The molecular formula is C19H18ClN3O2S. The largest absolute Gasteiger partial charge is 0.495 e. The molecule has 0 fully saturated rings. The van der Waals surface area contributed by atoms with E-state index in [1.165, 1.54) is 18.9 Å². The summed E-state index contributed by atoms with van der Waals surface area (Å²) in [6, 6.07) is 9.18. The Morgan fingerprint density at radius 1 is 1.38 bits per heavy atom. The molecule has 0 atom stereocenters. The molecule has 1 heterocycles. The Kier molecular flexibility index (Phi) is 6.02. The number of rotatable bonds is 5. The summed E-state index contributed by atoms with van der Waals surface area (Å²) in [6.07, 6.45) is 4.17. The van der Waals surface area contributed by atoms with Crippen LogP contribution in [0.15, 0.2) is 29.3 Å². The summed E-state index contributed by atoms with van der Waals surface area (Å²) in [5, 5.41) is 13.2. The summed E-state index contributed by atoms with van der Waals surface area (Å²) in [5.41, 5.74) is 3.35. The smallest absolute Gasteiger partial charge is 0.234 e. The molecule has 7 heteroatoms. The number of hydrogen-bond acceptors (Lipinski definition) is 5. The number of thioether (sulfide) groups is 1. The van der Waals surface area contributed by atoms with Crippen LogP contribution < -0.4 is 10.1 Å². The van der Waals surface area contributed by atoms with Crippen LogP contribution in [-0.4, -0.2) is 23.8 Å². The number of nitrogens with one attached hydrogen (secondary N) is 1. The van der Waals surface area contributed by atoms with Gasteiger partial charge >= 0.3 is 0 Å². The number of carbonyl (C=O) groups excluding carboxylic acids is 1.